The number of hydrazine groups is 1. The van der Waals surface area contributed by atoms with Gasteiger partial charge in [-0.1, -0.05) is 19.3 Å². The molecule has 156 valence electrons. The predicted molar refractivity (Wildman–Crippen MR) is 101 cm³/mol. The molecule has 0 saturated heterocycles. The molecule has 3 amide bonds. The van der Waals surface area contributed by atoms with Crippen LogP contribution in [-0.2, 0) is 11.0 Å². The summed E-state index contributed by atoms with van der Waals surface area (Å²) in [4.78, 5) is 26.1. The van der Waals surface area contributed by atoms with Gasteiger partial charge in [0.2, 0.25) is 5.91 Å². The van der Waals surface area contributed by atoms with E-state index in [2.05, 4.69) is 10.7 Å². The number of hydrogen-bond acceptors (Lipinski definition) is 3. The van der Waals surface area contributed by atoms with Gasteiger partial charge in [0.15, 0.2) is 0 Å². The summed E-state index contributed by atoms with van der Waals surface area (Å²) >= 11 is 0. The normalized spacial score (nSPS) is 15.2. The molecule has 2 rings (SSSR count). The molecule has 2 N–H and O–H groups in total. The summed E-state index contributed by atoms with van der Waals surface area (Å²) in [6.45, 7) is 0.609. The summed E-state index contributed by atoms with van der Waals surface area (Å²) < 4.78 is 38.1. The first-order valence-corrected chi connectivity index (χ1v) is 9.41. The second-order valence-electron chi connectivity index (χ2n) is 6.93. The number of amides is 3. The van der Waals surface area contributed by atoms with Crippen molar-refractivity contribution in [1.82, 2.24) is 15.6 Å². The van der Waals surface area contributed by atoms with E-state index in [1.54, 1.807) is 7.05 Å². The Hall–Kier alpha value is -2.29. The quantitative estimate of drug-likeness (QED) is 0.720. The van der Waals surface area contributed by atoms with Gasteiger partial charge in [-0.3, -0.25) is 4.79 Å². The number of likely N-dealkylation sites (N-methyl/N-ethyl adjacent to an activating group) is 1. The monoisotopic (exact) mass is 400 g/mol. The van der Waals surface area contributed by atoms with E-state index in [-0.39, 0.29) is 18.4 Å². The van der Waals surface area contributed by atoms with Crippen LogP contribution in [-0.4, -0.2) is 44.0 Å². The number of anilines is 1. The van der Waals surface area contributed by atoms with E-state index in [4.69, 9.17) is 0 Å². The Morgan fingerprint density at radius 3 is 2.25 bits per heavy atom. The number of nitrogens with one attached hydrogen (secondary N) is 2. The molecule has 0 aromatic heterocycles. The molecule has 28 heavy (non-hydrogen) atoms. The molecule has 1 saturated carbocycles. The van der Waals surface area contributed by atoms with Crippen molar-refractivity contribution in [3.63, 3.8) is 0 Å². The topological polar surface area (TPSA) is 64.7 Å². The van der Waals surface area contributed by atoms with Crippen molar-refractivity contribution in [2.45, 2.75) is 38.3 Å². The zero-order valence-electron chi connectivity index (χ0n) is 16.2. The second kappa shape index (κ2) is 9.77. The van der Waals surface area contributed by atoms with E-state index in [1.165, 1.54) is 30.5 Å². The lowest BCUT2D eigenvalue weighted by atomic mass is 9.89. The summed E-state index contributed by atoms with van der Waals surface area (Å²) in [6, 6.07) is 3.88. The molecular formula is C19H27F3N4O2. The van der Waals surface area contributed by atoms with Gasteiger partial charge >= 0.3 is 12.2 Å². The van der Waals surface area contributed by atoms with Gasteiger partial charge < -0.3 is 10.2 Å². The molecular weight excluding hydrogens is 373 g/mol. The molecule has 0 unspecified atom stereocenters. The Balaban J connectivity index is 1.88. The number of carbonyl (C=O) groups excluding carboxylic acids is 2. The molecule has 0 heterocycles. The van der Waals surface area contributed by atoms with Gasteiger partial charge in [-0.2, -0.15) is 13.2 Å². The van der Waals surface area contributed by atoms with Crippen molar-refractivity contribution in [3.05, 3.63) is 29.8 Å². The lowest BCUT2D eigenvalue weighted by Gasteiger charge is -2.28. The number of rotatable bonds is 6. The number of carbonyl (C=O) groups is 2. The Morgan fingerprint density at radius 1 is 1.11 bits per heavy atom. The van der Waals surface area contributed by atoms with Crippen molar-refractivity contribution in [2.75, 3.05) is 32.2 Å². The summed E-state index contributed by atoms with van der Waals surface area (Å²) in [5.41, 5.74) is 2.19. The molecule has 0 radical (unpaired) electrons. The smallest absolute Gasteiger partial charge is 0.354 e. The van der Waals surface area contributed by atoms with E-state index < -0.39 is 17.8 Å². The summed E-state index contributed by atoms with van der Waals surface area (Å²) in [7, 11) is 3.08. The minimum atomic E-state index is -4.43. The Kier molecular flexibility index (Phi) is 7.68. The van der Waals surface area contributed by atoms with Gasteiger partial charge in [0.1, 0.15) is 0 Å². The highest BCUT2D eigenvalue weighted by atomic mass is 19.4. The third-order valence-electron chi connectivity index (χ3n) is 4.92. The Labute approximate surface area is 163 Å². The number of halogens is 3. The fraction of sp³-hybridized carbons (Fsp3) is 0.579. The SMILES string of the molecule is CNN(C(=O)N(C)CCNC(=O)C1CCCCC1)c1ccc(C(F)(F)F)cc1. The first kappa shape index (κ1) is 22.0. The zero-order valence-corrected chi connectivity index (χ0v) is 16.2. The van der Waals surface area contributed by atoms with Gasteiger partial charge in [0.05, 0.1) is 11.3 Å². The molecule has 1 aromatic carbocycles. The van der Waals surface area contributed by atoms with Crippen molar-refractivity contribution < 1.29 is 22.8 Å². The molecule has 1 aliphatic carbocycles. The fourth-order valence-corrected chi connectivity index (χ4v) is 3.26. The number of benzene rings is 1. The van der Waals surface area contributed by atoms with E-state index in [1.807, 2.05) is 0 Å². The lowest BCUT2D eigenvalue weighted by molar-refractivity contribution is -0.137. The molecule has 1 aliphatic rings. The number of alkyl halides is 3. The standard InChI is InChI=1S/C19H27F3N4O2/c1-23-26(16-10-8-15(9-11-16)19(20,21)22)18(28)25(2)13-12-24-17(27)14-6-4-3-5-7-14/h8-11,14,23H,3-7,12-13H2,1-2H3,(H,24,27). The average Bonchev–Trinajstić information content (AvgIpc) is 2.68. The molecule has 1 fully saturated rings. The molecule has 1 aromatic rings. The third kappa shape index (κ3) is 5.85. The predicted octanol–water partition coefficient (Wildman–Crippen LogP) is 3.39. The van der Waals surface area contributed by atoms with Crippen LogP contribution >= 0.6 is 0 Å². The van der Waals surface area contributed by atoms with Crippen molar-refractivity contribution in [1.29, 1.82) is 0 Å². The first-order chi connectivity index (χ1) is 13.2. The highest BCUT2D eigenvalue weighted by Crippen LogP contribution is 2.30. The van der Waals surface area contributed by atoms with Crippen molar-refractivity contribution in [3.8, 4) is 0 Å². The third-order valence-corrected chi connectivity index (χ3v) is 4.92. The maximum Gasteiger partial charge on any atom is 0.416 e. The minimum Gasteiger partial charge on any atom is -0.354 e. The maximum atomic E-state index is 12.7. The van der Waals surface area contributed by atoms with Crippen molar-refractivity contribution in [2.24, 2.45) is 5.92 Å². The van der Waals surface area contributed by atoms with E-state index in [0.717, 1.165) is 42.8 Å². The van der Waals surface area contributed by atoms with Crippen molar-refractivity contribution >= 4 is 17.6 Å². The lowest BCUT2D eigenvalue weighted by Crippen LogP contribution is -2.49. The van der Waals surface area contributed by atoms with Crippen LogP contribution in [0.5, 0.6) is 0 Å². The fourth-order valence-electron chi connectivity index (χ4n) is 3.26. The molecule has 0 aliphatic heterocycles. The van der Waals surface area contributed by atoms with Gasteiger partial charge in [-0.05, 0) is 37.1 Å². The Morgan fingerprint density at radius 2 is 1.71 bits per heavy atom. The highest BCUT2D eigenvalue weighted by Gasteiger charge is 2.30. The van der Waals surface area contributed by atoms with E-state index >= 15 is 0 Å². The maximum absolute atomic E-state index is 12.7. The van der Waals surface area contributed by atoms with Crippen LogP contribution in [0.1, 0.15) is 37.7 Å². The van der Waals surface area contributed by atoms with Crippen LogP contribution in [0.4, 0.5) is 23.7 Å². The summed E-state index contributed by atoms with van der Waals surface area (Å²) in [6.07, 6.45) is 0.691. The average molecular weight is 400 g/mol. The number of nitrogens with zero attached hydrogens (tertiary/aromatic N) is 2. The first-order valence-electron chi connectivity index (χ1n) is 9.41. The van der Waals surface area contributed by atoms with Gasteiger partial charge in [0.25, 0.3) is 0 Å². The van der Waals surface area contributed by atoms with E-state index in [0.29, 0.717) is 12.2 Å². The molecule has 6 nitrogen and oxygen atoms in total. The van der Waals surface area contributed by atoms with Gasteiger partial charge in [-0.25, -0.2) is 15.2 Å². The van der Waals surface area contributed by atoms with Crippen LogP contribution in [0.2, 0.25) is 0 Å². The van der Waals surface area contributed by atoms with Crippen LogP contribution in [0.3, 0.4) is 0 Å². The molecule has 0 spiro atoms. The van der Waals surface area contributed by atoms with Crippen LogP contribution in [0.15, 0.2) is 24.3 Å². The minimum absolute atomic E-state index is 0.0220. The molecule has 9 heteroatoms. The summed E-state index contributed by atoms with van der Waals surface area (Å²) in [5.74, 6) is 0.0736. The van der Waals surface area contributed by atoms with Gasteiger partial charge in [0, 0.05) is 33.1 Å². The summed E-state index contributed by atoms with van der Waals surface area (Å²) in [5, 5.41) is 4.02. The number of hydrogen-bond donors (Lipinski definition) is 2. The number of urea groups is 1. The highest BCUT2D eigenvalue weighted by molar-refractivity contribution is 5.91. The Bertz CT molecular complexity index is 658. The van der Waals surface area contributed by atoms with Crippen LogP contribution in [0, 0.1) is 5.92 Å². The zero-order chi connectivity index (χ0) is 20.7. The largest absolute Gasteiger partial charge is 0.416 e. The second-order valence-corrected chi connectivity index (χ2v) is 6.93. The van der Waals surface area contributed by atoms with Crippen LogP contribution in [0.25, 0.3) is 0 Å². The van der Waals surface area contributed by atoms with Crippen LogP contribution < -0.4 is 15.8 Å². The molecule has 0 atom stereocenters. The van der Waals surface area contributed by atoms with Gasteiger partial charge in [-0.15, -0.1) is 0 Å². The van der Waals surface area contributed by atoms with E-state index in [9.17, 15) is 22.8 Å². The molecule has 0 bridgehead atoms.